The van der Waals surface area contributed by atoms with E-state index in [0.717, 1.165) is 16.1 Å². The lowest BCUT2D eigenvalue weighted by molar-refractivity contribution is -0.125. The molecule has 172 valence electrons. The number of rotatable bonds is 7. The molecular formula is C25H21FN4O2S2. The van der Waals surface area contributed by atoms with Crippen LogP contribution in [0.1, 0.15) is 28.8 Å². The lowest BCUT2D eigenvalue weighted by Crippen LogP contribution is -2.41. The van der Waals surface area contributed by atoms with Gasteiger partial charge in [-0.1, -0.05) is 48.2 Å². The standard InChI is InChI=1S/C25H21FN4O2S2/c26-19-9-3-1-6-16(19)15-34-25-29-20-10-4-2-8-18(20)23-28-21(24(32)30(23)25)11-12-22(31)27-14-17-7-5-13-33-17/h1-10,13,21H,11-12,14-15H2,(H,27,31)/t21-/m1/s1. The summed E-state index contributed by atoms with van der Waals surface area (Å²) in [5, 5.41) is 5.32. The number of carbonyl (C=O) groups is 2. The molecule has 1 aromatic heterocycles. The fourth-order valence-electron chi connectivity index (χ4n) is 3.80. The summed E-state index contributed by atoms with van der Waals surface area (Å²) in [6.45, 7) is 0.479. The van der Waals surface area contributed by atoms with Crippen LogP contribution in [0.15, 0.2) is 76.0 Å². The van der Waals surface area contributed by atoms with Gasteiger partial charge in [-0.15, -0.1) is 11.3 Å². The van der Waals surface area contributed by atoms with Crippen molar-refractivity contribution in [2.45, 2.75) is 31.2 Å². The van der Waals surface area contributed by atoms with Crippen molar-refractivity contribution in [3.8, 4) is 0 Å². The third kappa shape index (κ3) is 4.67. The van der Waals surface area contributed by atoms with Crippen molar-refractivity contribution in [2.24, 2.45) is 9.98 Å². The molecule has 2 amide bonds. The van der Waals surface area contributed by atoms with E-state index in [1.54, 1.807) is 29.5 Å². The molecule has 0 aliphatic carbocycles. The molecule has 0 spiro atoms. The van der Waals surface area contributed by atoms with E-state index in [1.165, 1.54) is 22.7 Å². The summed E-state index contributed by atoms with van der Waals surface area (Å²) in [4.78, 5) is 37.6. The molecule has 34 heavy (non-hydrogen) atoms. The number of nitrogens with one attached hydrogen (secondary N) is 1. The van der Waals surface area contributed by atoms with E-state index in [9.17, 15) is 14.0 Å². The Morgan fingerprint density at radius 1 is 1.12 bits per heavy atom. The van der Waals surface area contributed by atoms with Crippen LogP contribution in [0.2, 0.25) is 0 Å². The van der Waals surface area contributed by atoms with Gasteiger partial charge in [0, 0.05) is 22.6 Å². The Morgan fingerprint density at radius 2 is 1.94 bits per heavy atom. The molecule has 6 nitrogen and oxygen atoms in total. The summed E-state index contributed by atoms with van der Waals surface area (Å²) in [5.74, 6) is 0.251. The number of fused-ring (bicyclic) bond motifs is 3. The van der Waals surface area contributed by atoms with Gasteiger partial charge in [0.1, 0.15) is 17.7 Å². The molecule has 0 fully saturated rings. The Balaban J connectivity index is 1.30. The molecule has 5 rings (SSSR count). The number of thioether (sulfide) groups is 1. The zero-order valence-corrected chi connectivity index (χ0v) is 19.7. The summed E-state index contributed by atoms with van der Waals surface area (Å²) in [7, 11) is 0. The Labute approximate surface area is 204 Å². The van der Waals surface area contributed by atoms with Gasteiger partial charge in [-0.05, 0) is 41.6 Å². The van der Waals surface area contributed by atoms with Crippen LogP contribution in [0, 0.1) is 5.82 Å². The van der Waals surface area contributed by atoms with Crippen LogP contribution in [-0.4, -0.2) is 33.8 Å². The summed E-state index contributed by atoms with van der Waals surface area (Å²) in [6.07, 6.45) is 0.505. The molecule has 2 aromatic carbocycles. The van der Waals surface area contributed by atoms with E-state index >= 15 is 0 Å². The SMILES string of the molecule is O=C(CC[C@H]1N=C2c3ccccc3N=C(SCc3ccccc3F)N2C1=O)NCc1cccs1. The quantitative estimate of drug-likeness (QED) is 0.511. The topological polar surface area (TPSA) is 74.1 Å². The second kappa shape index (κ2) is 9.90. The maximum Gasteiger partial charge on any atom is 0.259 e. The first-order valence-corrected chi connectivity index (χ1v) is 12.7. The van der Waals surface area contributed by atoms with Crippen LogP contribution < -0.4 is 5.32 Å². The number of halogens is 1. The second-order valence-corrected chi connectivity index (χ2v) is 9.80. The number of benzene rings is 2. The van der Waals surface area contributed by atoms with Crippen LogP contribution in [0.5, 0.6) is 0 Å². The minimum atomic E-state index is -0.659. The molecule has 0 radical (unpaired) electrons. The van der Waals surface area contributed by atoms with Gasteiger partial charge < -0.3 is 5.32 Å². The number of amidine groups is 2. The van der Waals surface area contributed by atoms with Gasteiger partial charge in [0.05, 0.1) is 12.2 Å². The normalized spacial score (nSPS) is 16.6. The van der Waals surface area contributed by atoms with Crippen LogP contribution in [0.25, 0.3) is 0 Å². The van der Waals surface area contributed by atoms with Crippen molar-refractivity contribution < 1.29 is 14.0 Å². The third-order valence-corrected chi connectivity index (χ3v) is 7.41. The molecule has 2 aliphatic rings. The molecule has 0 saturated heterocycles. The molecule has 9 heteroatoms. The number of carbonyl (C=O) groups excluding carboxylic acids is 2. The molecule has 1 atom stereocenters. The van der Waals surface area contributed by atoms with Gasteiger partial charge in [0.15, 0.2) is 5.17 Å². The van der Waals surface area contributed by atoms with E-state index in [1.807, 2.05) is 41.8 Å². The number of aliphatic imine (C=N–C) groups is 2. The first-order chi connectivity index (χ1) is 16.6. The number of hydrogen-bond donors (Lipinski definition) is 1. The highest BCUT2D eigenvalue weighted by Crippen LogP contribution is 2.35. The maximum absolute atomic E-state index is 14.1. The molecule has 3 heterocycles. The van der Waals surface area contributed by atoms with Gasteiger partial charge in [0.25, 0.3) is 5.91 Å². The van der Waals surface area contributed by atoms with E-state index in [-0.39, 0.29) is 24.1 Å². The number of para-hydroxylation sites is 1. The van der Waals surface area contributed by atoms with Crippen molar-refractivity contribution >= 4 is 51.6 Å². The summed E-state index contributed by atoms with van der Waals surface area (Å²) in [6, 6.07) is 17.3. The average molecular weight is 493 g/mol. The van der Waals surface area contributed by atoms with E-state index in [0.29, 0.717) is 35.3 Å². The van der Waals surface area contributed by atoms with Gasteiger partial charge in [-0.3, -0.25) is 14.6 Å². The summed E-state index contributed by atoms with van der Waals surface area (Å²) >= 11 is 2.88. The Kier molecular flexibility index (Phi) is 6.55. The van der Waals surface area contributed by atoms with Crippen molar-refractivity contribution in [1.82, 2.24) is 10.2 Å². The van der Waals surface area contributed by atoms with Crippen LogP contribution >= 0.6 is 23.1 Å². The highest BCUT2D eigenvalue weighted by atomic mass is 32.2. The molecular weight excluding hydrogens is 471 g/mol. The first-order valence-electron chi connectivity index (χ1n) is 10.9. The number of amides is 2. The zero-order valence-electron chi connectivity index (χ0n) is 18.1. The monoisotopic (exact) mass is 492 g/mol. The van der Waals surface area contributed by atoms with E-state index in [2.05, 4.69) is 15.3 Å². The van der Waals surface area contributed by atoms with Crippen molar-refractivity contribution in [1.29, 1.82) is 0 Å². The van der Waals surface area contributed by atoms with Crippen molar-refractivity contribution in [2.75, 3.05) is 0 Å². The molecule has 1 N–H and O–H groups in total. The minimum absolute atomic E-state index is 0.116. The lowest BCUT2D eigenvalue weighted by atomic mass is 10.1. The Bertz CT molecular complexity index is 1290. The maximum atomic E-state index is 14.1. The minimum Gasteiger partial charge on any atom is -0.351 e. The largest absolute Gasteiger partial charge is 0.351 e. The Morgan fingerprint density at radius 3 is 2.76 bits per heavy atom. The number of hydrogen-bond acceptors (Lipinski definition) is 6. The fraction of sp³-hybridized carbons (Fsp3) is 0.200. The Hall–Kier alpha value is -3.30. The van der Waals surface area contributed by atoms with Gasteiger partial charge in [-0.25, -0.2) is 14.3 Å². The van der Waals surface area contributed by atoms with Crippen molar-refractivity contribution in [3.05, 3.63) is 87.9 Å². The predicted molar refractivity (Wildman–Crippen MR) is 134 cm³/mol. The number of thiophene rings is 1. The molecule has 2 aliphatic heterocycles. The van der Waals surface area contributed by atoms with Crippen molar-refractivity contribution in [3.63, 3.8) is 0 Å². The molecule has 0 bridgehead atoms. The van der Waals surface area contributed by atoms with Gasteiger partial charge in [0.2, 0.25) is 5.91 Å². The second-order valence-electron chi connectivity index (χ2n) is 7.83. The van der Waals surface area contributed by atoms with Gasteiger partial charge >= 0.3 is 0 Å². The van der Waals surface area contributed by atoms with Crippen LogP contribution in [0.4, 0.5) is 10.1 Å². The van der Waals surface area contributed by atoms with E-state index < -0.39 is 6.04 Å². The highest BCUT2D eigenvalue weighted by Gasteiger charge is 2.41. The third-order valence-electron chi connectivity index (χ3n) is 5.55. The highest BCUT2D eigenvalue weighted by molar-refractivity contribution is 8.13. The zero-order chi connectivity index (χ0) is 23.5. The summed E-state index contributed by atoms with van der Waals surface area (Å²) in [5.41, 5.74) is 2.03. The number of nitrogens with zero attached hydrogens (tertiary/aromatic N) is 3. The van der Waals surface area contributed by atoms with Crippen LogP contribution in [0.3, 0.4) is 0 Å². The first kappa shape index (κ1) is 22.5. The lowest BCUT2D eigenvalue weighted by Gasteiger charge is -2.25. The van der Waals surface area contributed by atoms with Gasteiger partial charge in [-0.2, -0.15) is 0 Å². The fourth-order valence-corrected chi connectivity index (χ4v) is 5.43. The van der Waals surface area contributed by atoms with E-state index in [4.69, 9.17) is 0 Å². The predicted octanol–water partition coefficient (Wildman–Crippen LogP) is 4.88. The smallest absolute Gasteiger partial charge is 0.259 e. The van der Waals surface area contributed by atoms with Crippen LogP contribution in [-0.2, 0) is 21.9 Å². The molecule has 3 aromatic rings. The summed E-state index contributed by atoms with van der Waals surface area (Å²) < 4.78 is 14.1. The average Bonchev–Trinajstić information content (AvgIpc) is 3.49. The molecule has 0 unspecified atom stereocenters. The molecule has 0 saturated carbocycles.